The second-order valence-corrected chi connectivity index (χ2v) is 6.97. The summed E-state index contributed by atoms with van der Waals surface area (Å²) in [5.74, 6) is 0.658. The van der Waals surface area contributed by atoms with Crippen molar-refractivity contribution in [3.05, 3.63) is 35.4 Å². The number of benzene rings is 1. The SMILES string of the molecule is COCCOCC(=O)N1CCC(Cc2ccc(C(=O)N(C)C)cc2)CC1. The first-order valence-corrected chi connectivity index (χ1v) is 9.16. The first-order valence-electron chi connectivity index (χ1n) is 9.16. The standard InChI is InChI=1S/C20H30N2O4/c1-21(2)20(24)18-6-4-16(5-7-18)14-17-8-10-22(11-9-17)19(23)15-26-13-12-25-3/h4-7,17H,8-15H2,1-3H3. The van der Waals surface area contributed by atoms with Crippen molar-refractivity contribution in [2.45, 2.75) is 19.3 Å². The summed E-state index contributed by atoms with van der Waals surface area (Å²) in [6.45, 7) is 2.66. The van der Waals surface area contributed by atoms with Crippen molar-refractivity contribution in [1.82, 2.24) is 9.80 Å². The van der Waals surface area contributed by atoms with E-state index in [0.29, 0.717) is 24.7 Å². The van der Waals surface area contributed by atoms with Gasteiger partial charge in [0.2, 0.25) is 5.91 Å². The average Bonchev–Trinajstić information content (AvgIpc) is 2.65. The molecule has 0 saturated carbocycles. The number of ether oxygens (including phenoxy) is 2. The van der Waals surface area contributed by atoms with Gasteiger partial charge < -0.3 is 19.3 Å². The molecule has 1 aliphatic rings. The van der Waals surface area contributed by atoms with Crippen LogP contribution in [-0.4, -0.2) is 75.7 Å². The van der Waals surface area contributed by atoms with Gasteiger partial charge >= 0.3 is 0 Å². The van der Waals surface area contributed by atoms with E-state index in [1.54, 1.807) is 26.1 Å². The molecule has 0 N–H and O–H groups in total. The smallest absolute Gasteiger partial charge is 0.253 e. The van der Waals surface area contributed by atoms with Gasteiger partial charge in [-0.2, -0.15) is 0 Å². The van der Waals surface area contributed by atoms with Gasteiger partial charge in [-0.05, 0) is 42.9 Å². The molecule has 0 atom stereocenters. The highest BCUT2D eigenvalue weighted by Gasteiger charge is 2.23. The lowest BCUT2D eigenvalue weighted by Crippen LogP contribution is -2.40. The van der Waals surface area contributed by atoms with Gasteiger partial charge in [0.05, 0.1) is 13.2 Å². The molecular weight excluding hydrogens is 332 g/mol. The van der Waals surface area contributed by atoms with E-state index in [-0.39, 0.29) is 18.4 Å². The zero-order valence-corrected chi connectivity index (χ0v) is 16.1. The second kappa shape index (κ2) is 10.3. The summed E-state index contributed by atoms with van der Waals surface area (Å²) in [5.41, 5.74) is 1.96. The monoisotopic (exact) mass is 362 g/mol. The van der Waals surface area contributed by atoms with Gasteiger partial charge in [-0.1, -0.05) is 12.1 Å². The van der Waals surface area contributed by atoms with Crippen LogP contribution in [0.25, 0.3) is 0 Å². The lowest BCUT2D eigenvalue weighted by atomic mass is 9.90. The van der Waals surface area contributed by atoms with Crippen LogP contribution in [0, 0.1) is 5.92 Å². The number of likely N-dealkylation sites (tertiary alicyclic amines) is 1. The van der Waals surface area contributed by atoms with Gasteiger partial charge in [0.15, 0.2) is 0 Å². The number of rotatable bonds is 8. The zero-order valence-electron chi connectivity index (χ0n) is 16.1. The van der Waals surface area contributed by atoms with Crippen molar-refractivity contribution in [1.29, 1.82) is 0 Å². The lowest BCUT2D eigenvalue weighted by molar-refractivity contribution is -0.137. The lowest BCUT2D eigenvalue weighted by Gasteiger charge is -2.32. The molecule has 2 rings (SSSR count). The zero-order chi connectivity index (χ0) is 18.9. The van der Waals surface area contributed by atoms with E-state index in [4.69, 9.17) is 9.47 Å². The molecular formula is C20H30N2O4. The van der Waals surface area contributed by atoms with Crippen LogP contribution in [0.1, 0.15) is 28.8 Å². The predicted molar refractivity (Wildman–Crippen MR) is 100 cm³/mol. The van der Waals surface area contributed by atoms with Crippen LogP contribution in [0.15, 0.2) is 24.3 Å². The summed E-state index contributed by atoms with van der Waals surface area (Å²) in [5, 5.41) is 0. The summed E-state index contributed by atoms with van der Waals surface area (Å²) in [6, 6.07) is 7.87. The van der Waals surface area contributed by atoms with E-state index in [9.17, 15) is 9.59 Å². The Morgan fingerprint density at radius 1 is 1.12 bits per heavy atom. The maximum Gasteiger partial charge on any atom is 0.253 e. The Labute approximate surface area is 156 Å². The molecule has 0 spiro atoms. The van der Waals surface area contributed by atoms with Crippen LogP contribution in [0.2, 0.25) is 0 Å². The average molecular weight is 362 g/mol. The van der Waals surface area contributed by atoms with Gasteiger partial charge in [0, 0.05) is 39.9 Å². The van der Waals surface area contributed by atoms with E-state index in [1.165, 1.54) is 5.56 Å². The van der Waals surface area contributed by atoms with Gasteiger partial charge in [0.25, 0.3) is 5.91 Å². The third-order valence-corrected chi connectivity index (χ3v) is 4.76. The summed E-state index contributed by atoms with van der Waals surface area (Å²) in [7, 11) is 5.13. The van der Waals surface area contributed by atoms with Gasteiger partial charge in [-0.3, -0.25) is 9.59 Å². The van der Waals surface area contributed by atoms with E-state index in [2.05, 4.69) is 0 Å². The Kier molecular flexibility index (Phi) is 8.06. The topological polar surface area (TPSA) is 59.1 Å². The summed E-state index contributed by atoms with van der Waals surface area (Å²) < 4.78 is 10.2. The predicted octanol–water partition coefficient (Wildman–Crippen LogP) is 1.83. The third kappa shape index (κ3) is 6.11. The molecule has 144 valence electrons. The molecule has 0 unspecified atom stereocenters. The highest BCUT2D eigenvalue weighted by Crippen LogP contribution is 2.22. The molecule has 2 amide bonds. The summed E-state index contributed by atoms with van der Waals surface area (Å²) in [6.07, 6.45) is 2.99. The Balaban J connectivity index is 1.74. The minimum atomic E-state index is 0.0242. The van der Waals surface area contributed by atoms with Crippen LogP contribution >= 0.6 is 0 Å². The van der Waals surface area contributed by atoms with Crippen LogP contribution in [-0.2, 0) is 20.7 Å². The molecule has 1 aliphatic heterocycles. The quantitative estimate of drug-likeness (QED) is 0.662. The fourth-order valence-electron chi connectivity index (χ4n) is 3.15. The molecule has 1 aromatic rings. The second-order valence-electron chi connectivity index (χ2n) is 6.97. The van der Waals surface area contributed by atoms with E-state index in [1.807, 2.05) is 29.2 Å². The number of carbonyl (C=O) groups is 2. The van der Waals surface area contributed by atoms with Crippen molar-refractivity contribution < 1.29 is 19.1 Å². The fourth-order valence-corrected chi connectivity index (χ4v) is 3.15. The first-order chi connectivity index (χ1) is 12.5. The molecule has 26 heavy (non-hydrogen) atoms. The molecule has 0 aliphatic carbocycles. The number of amides is 2. The van der Waals surface area contributed by atoms with Crippen molar-refractivity contribution >= 4 is 11.8 Å². The van der Waals surface area contributed by atoms with Crippen molar-refractivity contribution in [2.75, 3.05) is 54.1 Å². The Hall–Kier alpha value is -1.92. The number of nitrogens with zero attached hydrogens (tertiary/aromatic N) is 2. The van der Waals surface area contributed by atoms with Crippen LogP contribution in [0.3, 0.4) is 0 Å². The largest absolute Gasteiger partial charge is 0.382 e. The maximum absolute atomic E-state index is 12.1. The fraction of sp³-hybridized carbons (Fsp3) is 0.600. The molecule has 1 aromatic carbocycles. The minimum absolute atomic E-state index is 0.0242. The van der Waals surface area contributed by atoms with Crippen LogP contribution < -0.4 is 0 Å². The normalized spacial score (nSPS) is 15.1. The maximum atomic E-state index is 12.1. The minimum Gasteiger partial charge on any atom is -0.382 e. The molecule has 1 fully saturated rings. The van der Waals surface area contributed by atoms with Crippen molar-refractivity contribution in [3.63, 3.8) is 0 Å². The van der Waals surface area contributed by atoms with Crippen LogP contribution in [0.4, 0.5) is 0 Å². The Morgan fingerprint density at radius 2 is 1.77 bits per heavy atom. The van der Waals surface area contributed by atoms with E-state index >= 15 is 0 Å². The molecule has 0 radical (unpaired) electrons. The molecule has 6 heteroatoms. The van der Waals surface area contributed by atoms with E-state index < -0.39 is 0 Å². The van der Waals surface area contributed by atoms with Crippen molar-refractivity contribution in [2.24, 2.45) is 5.92 Å². The summed E-state index contributed by atoms with van der Waals surface area (Å²) >= 11 is 0. The van der Waals surface area contributed by atoms with Crippen LogP contribution in [0.5, 0.6) is 0 Å². The number of hydrogen-bond donors (Lipinski definition) is 0. The highest BCUT2D eigenvalue weighted by atomic mass is 16.5. The number of piperidine rings is 1. The van der Waals surface area contributed by atoms with Gasteiger partial charge in [-0.15, -0.1) is 0 Å². The molecule has 0 aromatic heterocycles. The van der Waals surface area contributed by atoms with Gasteiger partial charge in [0.1, 0.15) is 6.61 Å². The van der Waals surface area contributed by atoms with E-state index in [0.717, 1.165) is 32.4 Å². The number of methoxy groups -OCH3 is 1. The summed E-state index contributed by atoms with van der Waals surface area (Å²) in [4.78, 5) is 27.5. The van der Waals surface area contributed by atoms with Gasteiger partial charge in [-0.25, -0.2) is 0 Å². The molecule has 0 bridgehead atoms. The number of hydrogen-bond acceptors (Lipinski definition) is 4. The third-order valence-electron chi connectivity index (χ3n) is 4.76. The Bertz CT molecular complexity index is 578. The highest BCUT2D eigenvalue weighted by molar-refractivity contribution is 5.93. The first kappa shape index (κ1) is 20.4. The Morgan fingerprint density at radius 3 is 2.35 bits per heavy atom. The molecule has 1 saturated heterocycles. The molecule has 6 nitrogen and oxygen atoms in total. The van der Waals surface area contributed by atoms with Crippen molar-refractivity contribution in [3.8, 4) is 0 Å². The molecule has 1 heterocycles. The number of carbonyl (C=O) groups excluding carboxylic acids is 2.